The molecule has 0 radical (unpaired) electrons. The first-order valence-electron chi connectivity index (χ1n) is 4.47. The van der Waals surface area contributed by atoms with Crippen LogP contribution in [-0.2, 0) is 21.7 Å². The molecule has 0 unspecified atom stereocenters. The molecule has 0 aromatic carbocycles. The molecule has 0 saturated heterocycles. The van der Waals surface area contributed by atoms with Gasteiger partial charge in [-0.2, -0.15) is 12.2 Å². The van der Waals surface area contributed by atoms with Gasteiger partial charge in [0.1, 0.15) is 0 Å². The molecule has 0 N–H and O–H groups in total. The van der Waals surface area contributed by atoms with Gasteiger partial charge >= 0.3 is 21.7 Å². The molecule has 0 nitrogen and oxygen atoms in total. The monoisotopic (exact) mass is 274 g/mol. The Labute approximate surface area is 119 Å². The van der Waals surface area contributed by atoms with Crippen LogP contribution in [-0.4, -0.2) is 0 Å². The van der Waals surface area contributed by atoms with E-state index >= 15 is 0 Å². The summed E-state index contributed by atoms with van der Waals surface area (Å²) in [5, 5.41) is 0. The molecule has 0 atom stereocenters. The zero-order valence-electron chi connectivity index (χ0n) is 8.39. The molecular formula is C12H12Cl2Ti. The smallest absolute Gasteiger partial charge is 1.00 e. The molecule has 3 heteroatoms. The first-order chi connectivity index (χ1) is 5.95. The Morgan fingerprint density at radius 2 is 1.27 bits per heavy atom. The van der Waals surface area contributed by atoms with E-state index in [4.69, 9.17) is 0 Å². The van der Waals surface area contributed by atoms with Crippen LogP contribution in [0.2, 0.25) is 0 Å². The fourth-order valence-corrected chi connectivity index (χ4v) is 1.51. The van der Waals surface area contributed by atoms with E-state index in [0.29, 0.717) is 0 Å². The van der Waals surface area contributed by atoms with Crippen molar-refractivity contribution < 1.29 is 46.5 Å². The van der Waals surface area contributed by atoms with Crippen LogP contribution in [0.5, 0.6) is 0 Å². The molecule has 0 aromatic heterocycles. The molecule has 2 rings (SSSR count). The first kappa shape index (κ1) is 17.6. The zero-order valence-corrected chi connectivity index (χ0v) is 11.5. The van der Waals surface area contributed by atoms with Gasteiger partial charge in [-0.05, 0) is 0 Å². The van der Waals surface area contributed by atoms with Crippen molar-refractivity contribution in [1.82, 2.24) is 0 Å². The maximum Gasteiger partial charge on any atom is 4.00 e. The minimum Gasteiger partial charge on any atom is -1.00 e. The molecule has 0 spiro atoms. The summed E-state index contributed by atoms with van der Waals surface area (Å²) in [6.45, 7) is 0. The minimum atomic E-state index is 0. The normalized spacial score (nSPS) is 16.0. The molecule has 2 aliphatic carbocycles. The molecule has 0 fully saturated rings. The fourth-order valence-electron chi connectivity index (χ4n) is 1.51. The molecule has 0 aliphatic heterocycles. The summed E-state index contributed by atoms with van der Waals surface area (Å²) in [5.74, 6) is 0. The molecule has 0 heterocycles. The van der Waals surface area contributed by atoms with E-state index in [1.807, 2.05) is 0 Å². The summed E-state index contributed by atoms with van der Waals surface area (Å²) in [4.78, 5) is 0. The number of hydrogen-bond acceptors (Lipinski definition) is 0. The Morgan fingerprint density at radius 3 is 1.53 bits per heavy atom. The zero-order chi connectivity index (χ0) is 8.23. The van der Waals surface area contributed by atoms with Gasteiger partial charge in [0, 0.05) is 0 Å². The van der Waals surface area contributed by atoms with Crippen LogP contribution in [0.4, 0.5) is 0 Å². The average Bonchev–Trinajstić information content (AvgIpc) is 2.74. The van der Waals surface area contributed by atoms with Gasteiger partial charge in [0.2, 0.25) is 0 Å². The van der Waals surface area contributed by atoms with Gasteiger partial charge in [0.05, 0.1) is 0 Å². The van der Waals surface area contributed by atoms with E-state index in [2.05, 4.69) is 36.5 Å². The number of hydrogen-bond donors (Lipinski definition) is 0. The van der Waals surface area contributed by atoms with Crippen LogP contribution in [0.15, 0.2) is 35.5 Å². The van der Waals surface area contributed by atoms with Crippen molar-refractivity contribution in [3.63, 3.8) is 0 Å². The van der Waals surface area contributed by atoms with Gasteiger partial charge in [-0.15, -0.1) is 12.8 Å². The van der Waals surface area contributed by atoms with E-state index in [0.717, 1.165) is 25.7 Å². The van der Waals surface area contributed by atoms with Gasteiger partial charge in [-0.1, -0.05) is 12.8 Å². The first-order valence-corrected chi connectivity index (χ1v) is 4.47. The Kier molecular flexibility index (Phi) is 11.1. The molecule has 0 saturated carbocycles. The van der Waals surface area contributed by atoms with E-state index in [-0.39, 0.29) is 46.5 Å². The number of rotatable bonds is 3. The quantitative estimate of drug-likeness (QED) is 0.384. The van der Waals surface area contributed by atoms with E-state index in [1.54, 1.807) is 0 Å². The van der Waals surface area contributed by atoms with Crippen molar-refractivity contribution in [2.45, 2.75) is 25.7 Å². The van der Waals surface area contributed by atoms with Gasteiger partial charge in [-0.25, -0.2) is 23.3 Å². The van der Waals surface area contributed by atoms with Crippen molar-refractivity contribution >= 4 is 0 Å². The van der Waals surface area contributed by atoms with Crippen LogP contribution in [0.1, 0.15) is 25.7 Å². The molecule has 0 bridgehead atoms. The minimum absolute atomic E-state index is 0. The molecule has 2 aliphatic rings. The molecule has 0 aromatic rings. The van der Waals surface area contributed by atoms with Crippen molar-refractivity contribution in [3.05, 3.63) is 47.6 Å². The van der Waals surface area contributed by atoms with Gasteiger partial charge in [-0.3, -0.25) is 12.2 Å². The van der Waals surface area contributed by atoms with Crippen LogP contribution in [0, 0.1) is 12.2 Å². The van der Waals surface area contributed by atoms with Crippen molar-refractivity contribution in [2.24, 2.45) is 0 Å². The van der Waals surface area contributed by atoms with Gasteiger partial charge < -0.3 is 24.8 Å². The third-order valence-corrected chi connectivity index (χ3v) is 2.20. The second-order valence-corrected chi connectivity index (χ2v) is 3.12. The van der Waals surface area contributed by atoms with Crippen LogP contribution in [0.3, 0.4) is 0 Å². The Morgan fingerprint density at radius 1 is 0.867 bits per heavy atom. The fraction of sp³-hybridized carbons (Fsp3) is 0.333. The van der Waals surface area contributed by atoms with Gasteiger partial charge in [0.25, 0.3) is 0 Å². The maximum atomic E-state index is 3.32. The van der Waals surface area contributed by atoms with Crippen LogP contribution >= 0.6 is 0 Å². The summed E-state index contributed by atoms with van der Waals surface area (Å²) >= 11 is 0. The number of halogens is 2. The van der Waals surface area contributed by atoms with Crippen molar-refractivity contribution in [2.75, 3.05) is 0 Å². The second kappa shape index (κ2) is 9.48. The molecule has 78 valence electrons. The predicted octanol–water partition coefficient (Wildman–Crippen LogP) is -2.85. The third-order valence-electron chi connectivity index (χ3n) is 2.20. The second-order valence-electron chi connectivity index (χ2n) is 3.12. The van der Waals surface area contributed by atoms with Crippen molar-refractivity contribution in [1.29, 1.82) is 0 Å². The summed E-state index contributed by atoms with van der Waals surface area (Å²) in [7, 11) is 0. The van der Waals surface area contributed by atoms with E-state index in [9.17, 15) is 0 Å². The predicted molar refractivity (Wildman–Crippen MR) is 50.3 cm³/mol. The number of allylic oxidation sites excluding steroid dienone is 8. The Balaban J connectivity index is 0. The standard InChI is InChI=1S/C12H12.2ClH.Ti/c1-2-6-11(5-1)9-10-12-7-3-4-8-12;;;/h1,3,5,7H,2,4,9-10H2;2*1H;/q-2;;;+4/p-2. The van der Waals surface area contributed by atoms with Crippen molar-refractivity contribution in [3.8, 4) is 0 Å². The molecule has 0 amide bonds. The summed E-state index contributed by atoms with van der Waals surface area (Å²) in [6, 6.07) is 0. The third kappa shape index (κ3) is 5.77. The summed E-state index contributed by atoms with van der Waals surface area (Å²) in [5.41, 5.74) is 2.73. The summed E-state index contributed by atoms with van der Waals surface area (Å²) in [6.07, 6.45) is 19.6. The Bertz CT molecular complexity index is 258. The molecular weight excluding hydrogens is 263 g/mol. The summed E-state index contributed by atoms with van der Waals surface area (Å²) < 4.78 is 0. The van der Waals surface area contributed by atoms with Crippen LogP contribution < -0.4 is 24.8 Å². The maximum absolute atomic E-state index is 3.32. The largest absolute Gasteiger partial charge is 4.00 e. The van der Waals surface area contributed by atoms with Gasteiger partial charge in [0.15, 0.2) is 0 Å². The van der Waals surface area contributed by atoms with Crippen LogP contribution in [0.25, 0.3) is 0 Å². The Hall–Kier alpha value is 0.254. The topological polar surface area (TPSA) is 0 Å². The average molecular weight is 275 g/mol. The molecule has 15 heavy (non-hydrogen) atoms. The SMILES string of the molecule is [C-]1=C(CCC2=[C-]CC=C2)C=CC1.[Cl-].[Cl-].[Ti+4]. The van der Waals surface area contributed by atoms with E-state index in [1.165, 1.54) is 11.1 Å². The van der Waals surface area contributed by atoms with E-state index < -0.39 is 0 Å².